The Morgan fingerprint density at radius 3 is 2.19 bits per heavy atom. The first-order valence-corrected chi connectivity index (χ1v) is 10.0. The number of ether oxygens (including phenoxy) is 1. The smallest absolute Gasteiger partial charge is 0.263 e. The number of amides is 1. The Kier molecular flexibility index (Phi) is 5.44. The first-order chi connectivity index (χ1) is 13.2. The fourth-order valence-electron chi connectivity index (χ4n) is 4.31. The highest BCUT2D eigenvalue weighted by atomic mass is 16.5. The molecule has 0 bridgehead atoms. The maximum atomic E-state index is 12.8. The summed E-state index contributed by atoms with van der Waals surface area (Å²) >= 11 is 0. The van der Waals surface area contributed by atoms with Crippen LogP contribution in [0.3, 0.4) is 0 Å². The van der Waals surface area contributed by atoms with E-state index >= 15 is 0 Å². The van der Waals surface area contributed by atoms with Crippen molar-refractivity contribution in [3.8, 4) is 16.9 Å². The van der Waals surface area contributed by atoms with Crippen LogP contribution in [0.15, 0.2) is 54.6 Å². The average molecular weight is 364 g/mol. The molecule has 0 aliphatic carbocycles. The number of likely N-dealkylation sites (tertiary alicyclic amines) is 1. The van der Waals surface area contributed by atoms with Crippen LogP contribution >= 0.6 is 0 Å². The maximum Gasteiger partial charge on any atom is 0.263 e. The van der Waals surface area contributed by atoms with Gasteiger partial charge < -0.3 is 15.0 Å². The van der Waals surface area contributed by atoms with E-state index in [1.54, 1.807) is 0 Å². The van der Waals surface area contributed by atoms with E-state index in [1.807, 2.05) is 54.3 Å². The summed E-state index contributed by atoms with van der Waals surface area (Å²) in [7, 11) is 0. The molecular formula is C23H28N2O2. The van der Waals surface area contributed by atoms with Crippen molar-refractivity contribution in [2.45, 2.75) is 25.9 Å². The number of hydrogen-bond donors (Lipinski definition) is 1. The van der Waals surface area contributed by atoms with Crippen molar-refractivity contribution in [1.29, 1.82) is 0 Å². The van der Waals surface area contributed by atoms with Crippen LogP contribution in [0.2, 0.25) is 0 Å². The highest BCUT2D eigenvalue weighted by Crippen LogP contribution is 2.28. The minimum absolute atomic E-state index is 0.107. The van der Waals surface area contributed by atoms with Gasteiger partial charge in [0.05, 0.1) is 0 Å². The highest BCUT2D eigenvalue weighted by molar-refractivity contribution is 5.81. The van der Waals surface area contributed by atoms with Crippen LogP contribution in [0.25, 0.3) is 11.1 Å². The fraction of sp³-hybridized carbons (Fsp3) is 0.435. The molecule has 142 valence electrons. The van der Waals surface area contributed by atoms with Crippen LogP contribution in [0.1, 0.15) is 19.8 Å². The summed E-state index contributed by atoms with van der Waals surface area (Å²) in [5.41, 5.74) is 2.33. The number of benzene rings is 2. The number of fused-ring (bicyclic) bond motifs is 1. The van der Waals surface area contributed by atoms with Crippen LogP contribution in [-0.2, 0) is 4.79 Å². The van der Waals surface area contributed by atoms with Crippen molar-refractivity contribution in [2.24, 2.45) is 11.8 Å². The summed E-state index contributed by atoms with van der Waals surface area (Å²) in [6.45, 7) is 5.77. The van der Waals surface area contributed by atoms with E-state index in [9.17, 15) is 4.79 Å². The standard InChI is InChI=1S/C23H28N2O2/c1-17(23(26)25-13-11-20-15-24-16-21(20)12-14-25)27-22-9-7-19(8-10-22)18-5-3-2-4-6-18/h2-10,17,20-21,24H,11-16H2,1H3/t17?,20-,21+. The van der Waals surface area contributed by atoms with Crippen molar-refractivity contribution in [2.75, 3.05) is 26.2 Å². The second kappa shape index (κ2) is 8.13. The molecule has 2 fully saturated rings. The molecule has 4 nitrogen and oxygen atoms in total. The lowest BCUT2D eigenvalue weighted by Crippen LogP contribution is -2.41. The lowest BCUT2D eigenvalue weighted by molar-refractivity contribution is -0.137. The van der Waals surface area contributed by atoms with Gasteiger partial charge in [-0.1, -0.05) is 42.5 Å². The molecule has 2 aliphatic rings. The van der Waals surface area contributed by atoms with E-state index in [0.717, 1.165) is 62.2 Å². The number of carbonyl (C=O) groups is 1. The third-order valence-corrected chi connectivity index (χ3v) is 5.95. The average Bonchev–Trinajstić information content (AvgIpc) is 3.07. The molecule has 2 aliphatic heterocycles. The predicted octanol–water partition coefficient (Wildman–Crippen LogP) is 3.58. The molecular weight excluding hydrogens is 336 g/mol. The summed E-state index contributed by atoms with van der Waals surface area (Å²) in [4.78, 5) is 14.8. The molecule has 0 aromatic heterocycles. The largest absolute Gasteiger partial charge is 0.481 e. The van der Waals surface area contributed by atoms with Crippen molar-refractivity contribution < 1.29 is 9.53 Å². The lowest BCUT2D eigenvalue weighted by Gasteiger charge is -2.25. The van der Waals surface area contributed by atoms with Crippen LogP contribution in [-0.4, -0.2) is 43.1 Å². The molecule has 0 saturated carbocycles. The molecule has 3 atom stereocenters. The summed E-state index contributed by atoms with van der Waals surface area (Å²) in [5.74, 6) is 2.30. The minimum atomic E-state index is -0.455. The molecule has 2 saturated heterocycles. The molecule has 2 aromatic carbocycles. The third-order valence-electron chi connectivity index (χ3n) is 5.95. The Balaban J connectivity index is 1.35. The number of rotatable bonds is 4. The van der Waals surface area contributed by atoms with E-state index in [0.29, 0.717) is 0 Å². The molecule has 4 heteroatoms. The van der Waals surface area contributed by atoms with E-state index in [2.05, 4.69) is 17.4 Å². The Morgan fingerprint density at radius 2 is 1.56 bits per heavy atom. The quantitative estimate of drug-likeness (QED) is 0.902. The summed E-state index contributed by atoms with van der Waals surface area (Å²) < 4.78 is 5.95. The molecule has 2 aromatic rings. The van der Waals surface area contributed by atoms with Gasteiger partial charge in [-0.15, -0.1) is 0 Å². The van der Waals surface area contributed by atoms with Gasteiger partial charge in [0.25, 0.3) is 5.91 Å². The highest BCUT2D eigenvalue weighted by Gasteiger charge is 2.32. The van der Waals surface area contributed by atoms with Crippen LogP contribution < -0.4 is 10.1 Å². The first-order valence-electron chi connectivity index (χ1n) is 10.0. The Labute approximate surface area is 161 Å². The fourth-order valence-corrected chi connectivity index (χ4v) is 4.31. The van der Waals surface area contributed by atoms with Gasteiger partial charge in [0, 0.05) is 13.1 Å². The Hall–Kier alpha value is -2.33. The van der Waals surface area contributed by atoms with Crippen LogP contribution in [0.5, 0.6) is 5.75 Å². The van der Waals surface area contributed by atoms with Gasteiger partial charge in [0.15, 0.2) is 6.10 Å². The molecule has 1 unspecified atom stereocenters. The normalized spacial score (nSPS) is 23.4. The van der Waals surface area contributed by atoms with Gasteiger partial charge in [-0.05, 0) is 68.0 Å². The molecule has 2 heterocycles. The second-order valence-corrected chi connectivity index (χ2v) is 7.73. The molecule has 4 rings (SSSR count). The zero-order valence-corrected chi connectivity index (χ0v) is 15.9. The van der Waals surface area contributed by atoms with Gasteiger partial charge >= 0.3 is 0 Å². The predicted molar refractivity (Wildman–Crippen MR) is 108 cm³/mol. The molecule has 1 N–H and O–H groups in total. The van der Waals surface area contributed by atoms with E-state index in [-0.39, 0.29) is 5.91 Å². The Bertz CT molecular complexity index is 746. The summed E-state index contributed by atoms with van der Waals surface area (Å²) in [6, 6.07) is 18.2. The summed E-state index contributed by atoms with van der Waals surface area (Å²) in [6.07, 6.45) is 1.74. The molecule has 0 radical (unpaired) electrons. The lowest BCUT2D eigenvalue weighted by atomic mass is 9.92. The van der Waals surface area contributed by atoms with Gasteiger partial charge in [-0.25, -0.2) is 0 Å². The second-order valence-electron chi connectivity index (χ2n) is 7.73. The van der Waals surface area contributed by atoms with E-state index in [1.165, 1.54) is 5.56 Å². The molecule has 1 amide bonds. The van der Waals surface area contributed by atoms with E-state index in [4.69, 9.17) is 4.74 Å². The zero-order valence-electron chi connectivity index (χ0n) is 15.9. The van der Waals surface area contributed by atoms with Crippen molar-refractivity contribution in [3.05, 3.63) is 54.6 Å². The van der Waals surface area contributed by atoms with Crippen molar-refractivity contribution >= 4 is 5.91 Å². The number of nitrogens with one attached hydrogen (secondary N) is 1. The number of hydrogen-bond acceptors (Lipinski definition) is 3. The third kappa shape index (κ3) is 4.16. The van der Waals surface area contributed by atoms with Gasteiger partial charge in [-0.2, -0.15) is 0 Å². The van der Waals surface area contributed by atoms with Gasteiger partial charge in [0.2, 0.25) is 0 Å². The van der Waals surface area contributed by atoms with Crippen LogP contribution in [0, 0.1) is 11.8 Å². The van der Waals surface area contributed by atoms with Crippen molar-refractivity contribution in [1.82, 2.24) is 10.2 Å². The molecule has 0 spiro atoms. The summed E-state index contributed by atoms with van der Waals surface area (Å²) in [5, 5.41) is 3.48. The minimum Gasteiger partial charge on any atom is -0.481 e. The SMILES string of the molecule is CC(Oc1ccc(-c2ccccc2)cc1)C(=O)N1CC[C@@H]2CNC[C@@H]2CC1. The number of nitrogens with zero attached hydrogens (tertiary/aromatic N) is 1. The van der Waals surface area contributed by atoms with Crippen LogP contribution in [0.4, 0.5) is 0 Å². The van der Waals surface area contributed by atoms with Gasteiger partial charge in [-0.3, -0.25) is 4.79 Å². The number of carbonyl (C=O) groups excluding carboxylic acids is 1. The Morgan fingerprint density at radius 1 is 0.963 bits per heavy atom. The zero-order chi connectivity index (χ0) is 18.6. The van der Waals surface area contributed by atoms with E-state index < -0.39 is 6.10 Å². The van der Waals surface area contributed by atoms with Crippen molar-refractivity contribution in [3.63, 3.8) is 0 Å². The first kappa shape index (κ1) is 18.1. The van der Waals surface area contributed by atoms with Gasteiger partial charge in [0.1, 0.15) is 5.75 Å². The monoisotopic (exact) mass is 364 g/mol. The molecule has 27 heavy (non-hydrogen) atoms. The topological polar surface area (TPSA) is 41.6 Å². The maximum absolute atomic E-state index is 12.8.